The van der Waals surface area contributed by atoms with Crippen LogP contribution >= 0.6 is 33.7 Å². The van der Waals surface area contributed by atoms with Crippen molar-refractivity contribution in [2.24, 2.45) is 0 Å². The summed E-state index contributed by atoms with van der Waals surface area (Å²) < 4.78 is 12.7. The first-order valence-corrected chi connectivity index (χ1v) is 17.8. The fraction of sp³-hybridized carbons (Fsp3) is 0.300. The predicted molar refractivity (Wildman–Crippen MR) is 133 cm³/mol. The third-order valence-electron chi connectivity index (χ3n) is 4.71. The van der Waals surface area contributed by atoms with E-state index in [1.165, 1.54) is 21.8 Å². The molecule has 0 saturated carbocycles. The van der Waals surface area contributed by atoms with Gasteiger partial charge in [-0.2, -0.15) is 0 Å². The number of benzene rings is 1. The molecule has 0 spiro atoms. The average molecular weight is 485 g/mol. The molecule has 28 heavy (non-hydrogen) atoms. The minimum absolute atomic E-state index is 0.503. The molecular weight excluding hydrogens is 462 g/mol. The lowest BCUT2D eigenvalue weighted by Gasteiger charge is -2.28. The van der Waals surface area contributed by atoms with Crippen molar-refractivity contribution in [1.82, 2.24) is 0 Å². The third-order valence-corrected chi connectivity index (χ3v) is 18.2. The Balaban J connectivity index is 1.62. The van der Waals surface area contributed by atoms with E-state index in [1.807, 2.05) is 0 Å². The molecule has 8 heteroatoms. The number of fused-ring (bicyclic) bond motifs is 1. The average Bonchev–Trinajstić information content (AvgIpc) is 3.42. The molecule has 0 radical (unpaired) electrons. The molecule has 1 aromatic carbocycles. The van der Waals surface area contributed by atoms with Gasteiger partial charge in [-0.1, -0.05) is 107 Å². The first-order valence-electron chi connectivity index (χ1n) is 9.17. The second-order valence-electron chi connectivity index (χ2n) is 6.56. The molecule has 0 fully saturated rings. The molecule has 148 valence electrons. The molecule has 0 N–H and O–H groups in total. The van der Waals surface area contributed by atoms with Crippen LogP contribution in [0.1, 0.15) is 24.0 Å². The highest BCUT2D eigenvalue weighted by Gasteiger charge is 2.29. The summed E-state index contributed by atoms with van der Waals surface area (Å²) in [6.07, 6.45) is 14.6. The van der Waals surface area contributed by atoms with Crippen molar-refractivity contribution in [2.45, 2.75) is 24.3 Å². The van der Waals surface area contributed by atoms with Gasteiger partial charge in [-0.15, -0.1) is 0 Å². The van der Waals surface area contributed by atoms with Crippen molar-refractivity contribution in [2.75, 3.05) is 13.2 Å². The van der Waals surface area contributed by atoms with Gasteiger partial charge in [0.25, 0.3) is 0 Å². The maximum absolute atomic E-state index is 6.34. The highest BCUT2D eigenvalue weighted by molar-refractivity contribution is 8.70. The molecule has 2 aliphatic carbocycles. The lowest BCUT2D eigenvalue weighted by Crippen LogP contribution is -2.03. The first kappa shape index (κ1) is 21.3. The van der Waals surface area contributed by atoms with Crippen LogP contribution < -0.4 is 0 Å². The molecule has 1 heterocycles. The lowest BCUT2D eigenvalue weighted by atomic mass is 10.1. The highest BCUT2D eigenvalue weighted by Crippen LogP contribution is 2.71. The smallest absolute Gasteiger partial charge is 0.145 e. The Morgan fingerprint density at radius 3 is 1.61 bits per heavy atom. The Labute approximate surface area is 185 Å². The van der Waals surface area contributed by atoms with Gasteiger partial charge in [-0.25, -0.2) is 0 Å². The van der Waals surface area contributed by atoms with Gasteiger partial charge < -0.3 is 9.05 Å². The van der Waals surface area contributed by atoms with Gasteiger partial charge in [0.2, 0.25) is 0 Å². The summed E-state index contributed by atoms with van der Waals surface area (Å²) in [6, 6.07) is 8.62. The minimum Gasteiger partial charge on any atom is -0.336 e. The Kier molecular flexibility index (Phi) is 7.23. The lowest BCUT2D eigenvalue weighted by molar-refractivity contribution is 0.254. The number of rotatable bonds is 2. The molecule has 0 bridgehead atoms. The Hall–Kier alpha value is 0.1000. The molecule has 2 nitrogen and oxygen atoms in total. The van der Waals surface area contributed by atoms with E-state index < -0.39 is 10.9 Å². The van der Waals surface area contributed by atoms with E-state index in [0.29, 0.717) is 13.2 Å². The minimum atomic E-state index is -2.12. The zero-order valence-electron chi connectivity index (χ0n) is 15.4. The van der Waals surface area contributed by atoms with Crippen LogP contribution in [0, 0.1) is 0 Å². The van der Waals surface area contributed by atoms with Gasteiger partial charge in [0.05, 0.1) is 13.2 Å². The topological polar surface area (TPSA) is 18.5 Å². The summed E-state index contributed by atoms with van der Waals surface area (Å²) >= 11 is 15.8. The van der Waals surface area contributed by atoms with Crippen LogP contribution in [-0.2, 0) is 44.2 Å². The van der Waals surface area contributed by atoms with Crippen molar-refractivity contribution < 1.29 is 9.05 Å². The Bertz CT molecular complexity index is 888. The van der Waals surface area contributed by atoms with E-state index in [2.05, 4.69) is 60.7 Å². The first-order chi connectivity index (χ1) is 13.6. The second kappa shape index (κ2) is 9.49. The molecular formula is C20H22O2P2S4. The van der Waals surface area contributed by atoms with Crippen molar-refractivity contribution in [3.63, 3.8) is 0 Å². The maximum Gasteiger partial charge on any atom is 0.145 e. The molecule has 4 rings (SSSR count). The van der Waals surface area contributed by atoms with Crippen LogP contribution in [-0.4, -0.2) is 13.2 Å². The molecule has 2 atom stereocenters. The molecule has 3 aliphatic rings. The van der Waals surface area contributed by atoms with Crippen LogP contribution in [0.15, 0.2) is 71.3 Å². The van der Waals surface area contributed by atoms with E-state index in [0.717, 1.165) is 24.3 Å². The van der Waals surface area contributed by atoms with Gasteiger partial charge in [-0.3, -0.25) is 0 Å². The van der Waals surface area contributed by atoms with E-state index >= 15 is 0 Å². The van der Waals surface area contributed by atoms with Crippen LogP contribution in [0.5, 0.6) is 0 Å². The van der Waals surface area contributed by atoms with E-state index in [4.69, 9.17) is 32.7 Å². The summed E-state index contributed by atoms with van der Waals surface area (Å²) in [5.41, 5.74) is -1.60. The number of hydrogen-bond acceptors (Lipinski definition) is 6. The zero-order chi connectivity index (χ0) is 19.5. The summed E-state index contributed by atoms with van der Waals surface area (Å²) in [4.78, 5) is 0. The Morgan fingerprint density at radius 1 is 0.750 bits per heavy atom. The normalized spacial score (nSPS) is 30.9. The summed E-state index contributed by atoms with van der Waals surface area (Å²) in [5, 5.41) is 2.50. The van der Waals surface area contributed by atoms with Crippen molar-refractivity contribution in [3.8, 4) is 0 Å². The molecule has 1 aromatic rings. The van der Waals surface area contributed by atoms with Crippen molar-refractivity contribution in [1.29, 1.82) is 0 Å². The fourth-order valence-corrected chi connectivity index (χ4v) is 13.7. The zero-order valence-corrected chi connectivity index (χ0v) is 20.4. The van der Waals surface area contributed by atoms with Gasteiger partial charge in [0.15, 0.2) is 0 Å². The maximum atomic E-state index is 6.34. The standard InChI is InChI=1S/C20H22O2P2S4/c25-23(19-9-3-4-10-19)21-13-14-22-24(26,20-11-5-6-12-20)28-16-18-8-2-1-7-17(18)15-27-23/h1-9,11H,10,12-16H2. The largest absolute Gasteiger partial charge is 0.336 e. The van der Waals surface area contributed by atoms with Gasteiger partial charge in [0.1, 0.15) is 10.9 Å². The summed E-state index contributed by atoms with van der Waals surface area (Å²) in [6.45, 7) is 1.01. The number of allylic oxidation sites excluding steroid dienone is 8. The highest BCUT2D eigenvalue weighted by atomic mass is 32.9. The van der Waals surface area contributed by atoms with Crippen molar-refractivity contribution >= 4 is 57.3 Å². The van der Waals surface area contributed by atoms with Crippen molar-refractivity contribution in [3.05, 3.63) is 82.5 Å². The fourth-order valence-electron chi connectivity index (χ4n) is 3.15. The van der Waals surface area contributed by atoms with Gasteiger partial charge >= 0.3 is 0 Å². The molecule has 0 aromatic heterocycles. The molecule has 0 amide bonds. The third kappa shape index (κ3) is 4.87. The van der Waals surface area contributed by atoms with E-state index in [1.54, 1.807) is 22.8 Å². The molecule has 0 saturated heterocycles. The monoisotopic (exact) mass is 484 g/mol. The predicted octanol–water partition coefficient (Wildman–Crippen LogP) is 7.51. The summed E-state index contributed by atoms with van der Waals surface area (Å²) in [7, 11) is 0. The van der Waals surface area contributed by atoms with Gasteiger partial charge in [-0.05, 0) is 24.0 Å². The molecule has 1 aliphatic heterocycles. The summed E-state index contributed by atoms with van der Waals surface area (Å²) in [5.74, 6) is 1.75. The van der Waals surface area contributed by atoms with Crippen LogP contribution in [0.25, 0.3) is 0 Å². The second-order valence-corrected chi connectivity index (χ2v) is 20.4. The Morgan fingerprint density at radius 2 is 1.21 bits per heavy atom. The van der Waals surface area contributed by atoms with Gasteiger partial charge in [0, 0.05) is 22.1 Å². The van der Waals surface area contributed by atoms with E-state index in [-0.39, 0.29) is 0 Å². The SMILES string of the molecule is S=P1(C2=CC=CC2)OCCOP(=S)(C2=CC=CC2)SCc2ccccc2CS1. The molecule has 2 unspecified atom stereocenters. The number of hydrogen-bond donors (Lipinski definition) is 0. The van der Waals surface area contributed by atoms with Crippen LogP contribution in [0.4, 0.5) is 0 Å². The van der Waals surface area contributed by atoms with Crippen LogP contribution in [0.3, 0.4) is 0 Å². The quantitative estimate of drug-likeness (QED) is 0.402. The van der Waals surface area contributed by atoms with E-state index in [9.17, 15) is 0 Å². The van der Waals surface area contributed by atoms with Crippen LogP contribution in [0.2, 0.25) is 0 Å².